The third-order valence-electron chi connectivity index (χ3n) is 2.96. The average Bonchev–Trinajstić information content (AvgIpc) is 2.91. The van der Waals surface area contributed by atoms with Crippen molar-refractivity contribution >= 4 is 11.6 Å². The van der Waals surface area contributed by atoms with E-state index in [1.54, 1.807) is 23.4 Å². The molecular formula is C13H16N4O2. The summed E-state index contributed by atoms with van der Waals surface area (Å²) in [5.41, 5.74) is 1.96. The van der Waals surface area contributed by atoms with Crippen molar-refractivity contribution in [1.29, 1.82) is 0 Å². The van der Waals surface area contributed by atoms with Crippen LogP contribution in [-0.2, 0) is 17.9 Å². The van der Waals surface area contributed by atoms with Crippen LogP contribution in [0.2, 0.25) is 0 Å². The van der Waals surface area contributed by atoms with E-state index in [4.69, 9.17) is 4.42 Å². The van der Waals surface area contributed by atoms with Gasteiger partial charge in [0, 0.05) is 24.3 Å². The molecule has 0 saturated heterocycles. The maximum absolute atomic E-state index is 11.6. The Labute approximate surface area is 110 Å². The molecule has 2 heterocycles. The van der Waals surface area contributed by atoms with Gasteiger partial charge in [0.25, 0.3) is 0 Å². The Kier molecular flexibility index (Phi) is 3.22. The van der Waals surface area contributed by atoms with Crippen LogP contribution < -0.4 is 10.6 Å². The van der Waals surface area contributed by atoms with E-state index in [1.165, 1.54) is 0 Å². The van der Waals surface area contributed by atoms with Gasteiger partial charge < -0.3 is 15.1 Å². The molecule has 0 unspecified atom stereocenters. The lowest BCUT2D eigenvalue weighted by atomic mass is 10.3. The van der Waals surface area contributed by atoms with Crippen LogP contribution >= 0.6 is 0 Å². The van der Waals surface area contributed by atoms with Crippen LogP contribution in [0.4, 0.5) is 5.69 Å². The first-order valence-electron chi connectivity index (χ1n) is 6.36. The molecule has 1 aliphatic rings. The summed E-state index contributed by atoms with van der Waals surface area (Å²) in [6.07, 6.45) is 9.07. The summed E-state index contributed by atoms with van der Waals surface area (Å²) in [6.45, 7) is 0.945. The summed E-state index contributed by atoms with van der Waals surface area (Å²) in [5, 5.41) is 10.3. The first kappa shape index (κ1) is 11.8. The number of amides is 1. The van der Waals surface area contributed by atoms with Gasteiger partial charge in [-0.15, -0.1) is 0 Å². The third-order valence-corrected chi connectivity index (χ3v) is 2.96. The van der Waals surface area contributed by atoms with E-state index in [1.807, 2.05) is 12.3 Å². The van der Waals surface area contributed by atoms with Crippen molar-refractivity contribution in [1.82, 2.24) is 15.1 Å². The molecule has 2 aromatic heterocycles. The van der Waals surface area contributed by atoms with E-state index >= 15 is 0 Å². The van der Waals surface area contributed by atoms with Gasteiger partial charge in [-0.25, -0.2) is 0 Å². The van der Waals surface area contributed by atoms with Gasteiger partial charge in [0.1, 0.15) is 6.54 Å². The van der Waals surface area contributed by atoms with Crippen LogP contribution in [0, 0.1) is 0 Å². The number of hydrogen-bond acceptors (Lipinski definition) is 4. The minimum atomic E-state index is 0.0204. The van der Waals surface area contributed by atoms with Crippen molar-refractivity contribution in [2.45, 2.75) is 32.0 Å². The molecule has 1 saturated carbocycles. The van der Waals surface area contributed by atoms with Gasteiger partial charge in [-0.05, 0) is 18.9 Å². The highest BCUT2D eigenvalue weighted by Crippen LogP contribution is 2.18. The SMILES string of the molecule is O=C(Cn1cc(NCc2ccoc2)cn1)NC1CC1. The van der Waals surface area contributed by atoms with Crippen molar-refractivity contribution in [3.8, 4) is 0 Å². The maximum Gasteiger partial charge on any atom is 0.241 e. The number of aromatic nitrogens is 2. The standard InChI is InChI=1S/C13H16N4O2/c18-13(16-11-1-2-11)8-17-7-12(6-15-17)14-5-10-3-4-19-9-10/h3-4,6-7,9,11,14H,1-2,5,8H2,(H,16,18). The number of hydrogen-bond donors (Lipinski definition) is 2. The van der Waals surface area contributed by atoms with Gasteiger partial charge in [-0.2, -0.15) is 5.10 Å². The highest BCUT2D eigenvalue weighted by molar-refractivity contribution is 5.76. The Morgan fingerprint density at radius 1 is 1.53 bits per heavy atom. The summed E-state index contributed by atoms with van der Waals surface area (Å²) in [7, 11) is 0. The fourth-order valence-electron chi connectivity index (χ4n) is 1.79. The molecule has 1 aliphatic carbocycles. The highest BCUT2D eigenvalue weighted by atomic mass is 16.3. The van der Waals surface area contributed by atoms with Crippen LogP contribution in [0.5, 0.6) is 0 Å². The molecule has 0 bridgehead atoms. The van der Waals surface area contributed by atoms with Crippen LogP contribution in [0.25, 0.3) is 0 Å². The van der Waals surface area contributed by atoms with E-state index in [-0.39, 0.29) is 12.5 Å². The largest absolute Gasteiger partial charge is 0.472 e. The Morgan fingerprint density at radius 3 is 3.16 bits per heavy atom. The van der Waals surface area contributed by atoms with Crippen molar-refractivity contribution in [3.05, 3.63) is 36.5 Å². The molecule has 100 valence electrons. The number of rotatable bonds is 6. The molecule has 6 nitrogen and oxygen atoms in total. The molecule has 0 atom stereocenters. The smallest absolute Gasteiger partial charge is 0.241 e. The van der Waals surface area contributed by atoms with Crippen LogP contribution in [0.1, 0.15) is 18.4 Å². The zero-order chi connectivity index (χ0) is 13.1. The summed E-state index contributed by atoms with van der Waals surface area (Å²) in [5.74, 6) is 0.0204. The first-order valence-corrected chi connectivity index (χ1v) is 6.36. The molecule has 0 aliphatic heterocycles. The average molecular weight is 260 g/mol. The number of carbonyl (C=O) groups excluding carboxylic acids is 1. The molecule has 3 rings (SSSR count). The molecular weight excluding hydrogens is 244 g/mol. The van der Waals surface area contributed by atoms with E-state index in [2.05, 4.69) is 15.7 Å². The van der Waals surface area contributed by atoms with Gasteiger partial charge in [-0.3, -0.25) is 9.48 Å². The minimum Gasteiger partial charge on any atom is -0.472 e. The van der Waals surface area contributed by atoms with Crippen molar-refractivity contribution in [3.63, 3.8) is 0 Å². The summed E-state index contributed by atoms with van der Waals surface area (Å²) in [4.78, 5) is 11.6. The van der Waals surface area contributed by atoms with Crippen LogP contribution in [0.3, 0.4) is 0 Å². The van der Waals surface area contributed by atoms with E-state index in [0.29, 0.717) is 12.6 Å². The summed E-state index contributed by atoms with van der Waals surface area (Å²) in [6, 6.07) is 2.29. The number of anilines is 1. The molecule has 2 N–H and O–H groups in total. The Morgan fingerprint density at radius 2 is 2.42 bits per heavy atom. The van der Waals surface area contributed by atoms with Crippen molar-refractivity contribution < 1.29 is 9.21 Å². The number of carbonyl (C=O) groups is 1. The molecule has 0 radical (unpaired) electrons. The first-order chi connectivity index (χ1) is 9.29. The van der Waals surface area contributed by atoms with Gasteiger partial charge in [0.15, 0.2) is 0 Å². The van der Waals surface area contributed by atoms with Gasteiger partial charge in [0.2, 0.25) is 5.91 Å². The molecule has 6 heteroatoms. The van der Waals surface area contributed by atoms with Gasteiger partial charge in [-0.1, -0.05) is 0 Å². The van der Waals surface area contributed by atoms with E-state index in [9.17, 15) is 4.79 Å². The molecule has 0 spiro atoms. The number of nitrogens with zero attached hydrogens (tertiary/aromatic N) is 2. The predicted octanol–water partition coefficient (Wildman–Crippen LogP) is 1.37. The predicted molar refractivity (Wildman–Crippen MR) is 69.4 cm³/mol. The molecule has 19 heavy (non-hydrogen) atoms. The third kappa shape index (κ3) is 3.37. The Hall–Kier alpha value is -2.24. The molecule has 1 fully saturated rings. The molecule has 2 aromatic rings. The van der Waals surface area contributed by atoms with Crippen molar-refractivity contribution in [2.24, 2.45) is 0 Å². The lowest BCUT2D eigenvalue weighted by molar-refractivity contribution is -0.122. The summed E-state index contributed by atoms with van der Waals surface area (Å²) < 4.78 is 6.62. The maximum atomic E-state index is 11.6. The Balaban J connectivity index is 1.49. The van der Waals surface area contributed by atoms with Gasteiger partial charge in [0.05, 0.1) is 24.4 Å². The quantitative estimate of drug-likeness (QED) is 0.822. The minimum absolute atomic E-state index is 0.0204. The second kappa shape index (κ2) is 5.17. The molecule has 1 amide bonds. The monoisotopic (exact) mass is 260 g/mol. The normalized spacial score (nSPS) is 14.3. The Bertz CT molecular complexity index is 543. The topological polar surface area (TPSA) is 72.1 Å². The zero-order valence-electron chi connectivity index (χ0n) is 10.5. The highest BCUT2D eigenvalue weighted by Gasteiger charge is 2.23. The lowest BCUT2D eigenvalue weighted by Crippen LogP contribution is -2.29. The van der Waals surface area contributed by atoms with Crippen LogP contribution in [0.15, 0.2) is 35.4 Å². The fraction of sp³-hybridized carbons (Fsp3) is 0.385. The van der Waals surface area contributed by atoms with E-state index in [0.717, 1.165) is 24.1 Å². The summed E-state index contributed by atoms with van der Waals surface area (Å²) >= 11 is 0. The second-order valence-corrected chi connectivity index (χ2v) is 4.75. The number of furan rings is 1. The fourth-order valence-corrected chi connectivity index (χ4v) is 1.79. The van der Waals surface area contributed by atoms with Crippen LogP contribution in [-0.4, -0.2) is 21.7 Å². The number of nitrogens with one attached hydrogen (secondary N) is 2. The molecule has 0 aromatic carbocycles. The van der Waals surface area contributed by atoms with E-state index < -0.39 is 0 Å². The zero-order valence-corrected chi connectivity index (χ0v) is 10.5. The van der Waals surface area contributed by atoms with Gasteiger partial charge >= 0.3 is 0 Å². The second-order valence-electron chi connectivity index (χ2n) is 4.75. The lowest BCUT2D eigenvalue weighted by Gasteiger charge is -2.03. The van der Waals surface area contributed by atoms with Crippen molar-refractivity contribution in [2.75, 3.05) is 5.32 Å².